The van der Waals surface area contributed by atoms with Crippen molar-refractivity contribution in [2.75, 3.05) is 14.2 Å². The Bertz CT molecular complexity index is 465. The largest absolute Gasteiger partial charge is 0.496 e. The van der Waals surface area contributed by atoms with Crippen molar-refractivity contribution in [2.24, 2.45) is 5.84 Å². The Balaban J connectivity index is 3.44. The van der Waals surface area contributed by atoms with Crippen molar-refractivity contribution in [2.45, 2.75) is 33.1 Å². The highest BCUT2D eigenvalue weighted by molar-refractivity contribution is 5.88. The van der Waals surface area contributed by atoms with Gasteiger partial charge < -0.3 is 4.74 Å². The van der Waals surface area contributed by atoms with Crippen LogP contribution in [0.2, 0.25) is 0 Å². The van der Waals surface area contributed by atoms with Gasteiger partial charge in [-0.3, -0.25) is 9.80 Å². The fourth-order valence-electron chi connectivity index (χ4n) is 2.44. The lowest BCUT2D eigenvalue weighted by atomic mass is 9.80. The smallest absolute Gasteiger partial charge is 0.246 e. The molecule has 0 aliphatic carbocycles. The zero-order valence-electron chi connectivity index (χ0n) is 12.0. The Kier molecular flexibility index (Phi) is 4.02. The van der Waals surface area contributed by atoms with Gasteiger partial charge in [-0.1, -0.05) is 6.07 Å². The van der Waals surface area contributed by atoms with Crippen LogP contribution in [0.1, 0.15) is 30.5 Å². The molecule has 4 heteroatoms. The van der Waals surface area contributed by atoms with Crippen LogP contribution >= 0.6 is 0 Å². The lowest BCUT2D eigenvalue weighted by molar-refractivity contribution is -0.135. The molecule has 4 nitrogen and oxygen atoms in total. The van der Waals surface area contributed by atoms with E-state index < -0.39 is 5.41 Å². The molecule has 18 heavy (non-hydrogen) atoms. The third kappa shape index (κ3) is 2.48. The number of nitrogens with two attached hydrogens (primary N) is 1. The van der Waals surface area contributed by atoms with Gasteiger partial charge in [0.1, 0.15) is 5.75 Å². The SMILES string of the molecule is COc1cc(C)cc(C)c1C(C)(C)C(=O)N(C)N. The van der Waals surface area contributed by atoms with Gasteiger partial charge in [-0.25, -0.2) is 5.84 Å². The summed E-state index contributed by atoms with van der Waals surface area (Å²) in [5.41, 5.74) is 2.31. The number of rotatable bonds is 3. The standard InChI is InChI=1S/C14H22N2O2/c1-9-7-10(2)12(11(8-9)18-6)14(3,4)13(17)16(5)15/h7-8H,15H2,1-6H3. The Hall–Kier alpha value is -1.55. The molecule has 0 saturated heterocycles. The minimum absolute atomic E-state index is 0.146. The van der Waals surface area contributed by atoms with Crippen molar-refractivity contribution < 1.29 is 9.53 Å². The van der Waals surface area contributed by atoms with Crippen molar-refractivity contribution in [1.82, 2.24) is 5.01 Å². The molecule has 1 aromatic carbocycles. The van der Waals surface area contributed by atoms with E-state index in [1.54, 1.807) is 14.2 Å². The number of methoxy groups -OCH3 is 1. The highest BCUT2D eigenvalue weighted by Gasteiger charge is 2.35. The van der Waals surface area contributed by atoms with E-state index in [1.807, 2.05) is 39.8 Å². The highest BCUT2D eigenvalue weighted by Crippen LogP contribution is 2.36. The molecule has 0 spiro atoms. The van der Waals surface area contributed by atoms with Crippen molar-refractivity contribution >= 4 is 5.91 Å². The Morgan fingerprint density at radius 2 is 1.89 bits per heavy atom. The summed E-state index contributed by atoms with van der Waals surface area (Å²) in [6, 6.07) is 3.98. The first-order valence-electron chi connectivity index (χ1n) is 5.90. The number of nitrogens with zero attached hydrogens (tertiary/aromatic N) is 1. The van der Waals surface area contributed by atoms with E-state index in [-0.39, 0.29) is 5.91 Å². The van der Waals surface area contributed by atoms with Crippen molar-refractivity contribution in [3.05, 3.63) is 28.8 Å². The minimum Gasteiger partial charge on any atom is -0.496 e. The molecule has 100 valence electrons. The third-order valence-electron chi connectivity index (χ3n) is 3.14. The van der Waals surface area contributed by atoms with Crippen LogP contribution in [0.3, 0.4) is 0 Å². The van der Waals surface area contributed by atoms with Gasteiger partial charge in [0, 0.05) is 12.6 Å². The quantitative estimate of drug-likeness (QED) is 0.506. The summed E-state index contributed by atoms with van der Waals surface area (Å²) in [5, 5.41) is 1.12. The third-order valence-corrected chi connectivity index (χ3v) is 3.14. The number of ether oxygens (including phenoxy) is 1. The molecule has 0 atom stereocenters. The summed E-state index contributed by atoms with van der Waals surface area (Å²) < 4.78 is 5.41. The molecule has 1 rings (SSSR count). The Labute approximate surface area is 109 Å². The average molecular weight is 250 g/mol. The Morgan fingerprint density at radius 3 is 2.33 bits per heavy atom. The fourth-order valence-corrected chi connectivity index (χ4v) is 2.44. The predicted molar refractivity (Wildman–Crippen MR) is 72.5 cm³/mol. The van der Waals surface area contributed by atoms with Gasteiger partial charge in [0.2, 0.25) is 5.91 Å². The van der Waals surface area contributed by atoms with Crippen LogP contribution in [-0.4, -0.2) is 25.1 Å². The number of hydrazine groups is 1. The molecule has 2 N–H and O–H groups in total. The van der Waals surface area contributed by atoms with Crippen LogP contribution in [0.5, 0.6) is 5.75 Å². The first kappa shape index (κ1) is 14.5. The van der Waals surface area contributed by atoms with Crippen molar-refractivity contribution in [1.29, 1.82) is 0 Å². The number of hydrogen-bond acceptors (Lipinski definition) is 3. The van der Waals surface area contributed by atoms with Crippen LogP contribution in [0, 0.1) is 13.8 Å². The monoisotopic (exact) mass is 250 g/mol. The topological polar surface area (TPSA) is 55.6 Å². The molecule has 0 aromatic heterocycles. The summed E-state index contributed by atoms with van der Waals surface area (Å²) in [7, 11) is 3.17. The molecule has 1 amide bonds. The zero-order chi connectivity index (χ0) is 14.1. The first-order valence-corrected chi connectivity index (χ1v) is 5.90. The van der Waals surface area contributed by atoms with Crippen LogP contribution < -0.4 is 10.6 Å². The van der Waals surface area contributed by atoms with E-state index in [4.69, 9.17) is 10.6 Å². The zero-order valence-corrected chi connectivity index (χ0v) is 12.0. The summed E-state index contributed by atoms with van der Waals surface area (Å²) in [5.74, 6) is 6.16. The van der Waals surface area contributed by atoms with Crippen LogP contribution in [0.15, 0.2) is 12.1 Å². The van der Waals surface area contributed by atoms with Gasteiger partial charge in [0.15, 0.2) is 0 Å². The van der Waals surface area contributed by atoms with Gasteiger partial charge >= 0.3 is 0 Å². The van der Waals surface area contributed by atoms with E-state index in [9.17, 15) is 4.79 Å². The number of carbonyl (C=O) groups is 1. The molecular weight excluding hydrogens is 228 g/mol. The van der Waals surface area contributed by atoms with Gasteiger partial charge in [-0.2, -0.15) is 0 Å². The molecule has 0 unspecified atom stereocenters. The van der Waals surface area contributed by atoms with E-state index in [2.05, 4.69) is 0 Å². The van der Waals surface area contributed by atoms with E-state index in [1.165, 1.54) is 0 Å². The van der Waals surface area contributed by atoms with Gasteiger partial charge in [0.25, 0.3) is 0 Å². The molecule has 0 bridgehead atoms. The van der Waals surface area contributed by atoms with Gasteiger partial charge in [-0.15, -0.1) is 0 Å². The predicted octanol–water partition coefficient (Wildman–Crippen LogP) is 1.92. The first-order chi connectivity index (χ1) is 8.21. The van der Waals surface area contributed by atoms with Gasteiger partial charge in [0.05, 0.1) is 12.5 Å². The van der Waals surface area contributed by atoms with E-state index >= 15 is 0 Å². The summed E-state index contributed by atoms with van der Waals surface area (Å²) in [6.45, 7) is 7.71. The number of likely N-dealkylation sites (N-methyl/N-ethyl adjacent to an activating group) is 1. The summed E-state index contributed by atoms with van der Waals surface area (Å²) in [4.78, 5) is 12.2. The molecule has 0 heterocycles. The van der Waals surface area contributed by atoms with Gasteiger partial charge in [-0.05, 0) is 44.9 Å². The fraction of sp³-hybridized carbons (Fsp3) is 0.500. The van der Waals surface area contributed by atoms with Crippen LogP contribution in [-0.2, 0) is 10.2 Å². The van der Waals surface area contributed by atoms with Crippen molar-refractivity contribution in [3.63, 3.8) is 0 Å². The molecule has 0 fully saturated rings. The second kappa shape index (κ2) is 4.98. The lowest BCUT2D eigenvalue weighted by Crippen LogP contribution is -2.45. The number of benzene rings is 1. The normalized spacial score (nSPS) is 11.3. The van der Waals surface area contributed by atoms with Crippen LogP contribution in [0.4, 0.5) is 0 Å². The van der Waals surface area contributed by atoms with Crippen LogP contribution in [0.25, 0.3) is 0 Å². The number of amides is 1. The average Bonchev–Trinajstić information content (AvgIpc) is 2.25. The number of aryl methyl sites for hydroxylation is 2. The maximum absolute atomic E-state index is 12.2. The highest BCUT2D eigenvalue weighted by atomic mass is 16.5. The van der Waals surface area contributed by atoms with E-state index in [0.717, 1.165) is 27.4 Å². The second-order valence-electron chi connectivity index (χ2n) is 5.20. The minimum atomic E-state index is -0.716. The number of hydrogen-bond donors (Lipinski definition) is 1. The maximum atomic E-state index is 12.2. The lowest BCUT2D eigenvalue weighted by Gasteiger charge is -2.30. The second-order valence-corrected chi connectivity index (χ2v) is 5.20. The molecule has 1 aromatic rings. The Morgan fingerprint density at radius 1 is 1.33 bits per heavy atom. The molecule has 0 aliphatic rings. The number of carbonyl (C=O) groups excluding carboxylic acids is 1. The molecule has 0 saturated carbocycles. The van der Waals surface area contributed by atoms with E-state index in [0.29, 0.717) is 0 Å². The molecule has 0 aliphatic heterocycles. The maximum Gasteiger partial charge on any atom is 0.246 e. The van der Waals surface area contributed by atoms with Crippen molar-refractivity contribution in [3.8, 4) is 5.75 Å². The molecular formula is C14H22N2O2. The molecule has 0 radical (unpaired) electrons. The summed E-state index contributed by atoms with van der Waals surface area (Å²) >= 11 is 0. The summed E-state index contributed by atoms with van der Waals surface area (Å²) in [6.07, 6.45) is 0.